The molecule has 0 spiro atoms. The maximum Gasteiger partial charge on any atom is 0.350 e. The molecule has 1 aliphatic rings. The fraction of sp³-hybridized carbons (Fsp3) is 0.455. The van der Waals surface area contributed by atoms with E-state index in [9.17, 15) is 18.0 Å². The molecule has 2 rings (SSSR count). The van der Waals surface area contributed by atoms with Gasteiger partial charge in [-0.1, -0.05) is 0 Å². The third-order valence-electron chi connectivity index (χ3n) is 2.90. The molecule has 1 fully saturated rings. The molecule has 0 unspecified atom stereocenters. The average molecular weight is 303 g/mol. The molecule has 1 atom stereocenters. The summed E-state index contributed by atoms with van der Waals surface area (Å²) in [5, 5.41) is 4.25. The van der Waals surface area contributed by atoms with Crippen LogP contribution in [0.25, 0.3) is 0 Å². The van der Waals surface area contributed by atoms with Crippen molar-refractivity contribution < 1.29 is 22.7 Å². The summed E-state index contributed by atoms with van der Waals surface area (Å²) in [5.41, 5.74) is 0.367. The molecule has 0 saturated carbocycles. The Morgan fingerprint density at radius 2 is 2.21 bits per heavy atom. The minimum atomic E-state index is -3.10. The van der Waals surface area contributed by atoms with Crippen molar-refractivity contribution in [3.8, 4) is 0 Å². The largest absolute Gasteiger partial charge is 0.465 e. The molecular formula is C11H13NO5S2. The van der Waals surface area contributed by atoms with E-state index in [-0.39, 0.29) is 17.4 Å². The standard InChI is InChI=1S/C11H13NO5S2/c1-17-11(14)9-8(2-4-18-9)12-10(13)7-3-5-19(15,16)6-7/h2,4,7H,3,5-6H2,1H3,(H,12,13)/t7-/m0/s1. The predicted octanol–water partition coefficient (Wildman–Crippen LogP) is 0.908. The predicted molar refractivity (Wildman–Crippen MR) is 71.0 cm³/mol. The van der Waals surface area contributed by atoms with Gasteiger partial charge in [0.05, 0.1) is 30.2 Å². The minimum absolute atomic E-state index is 0.0403. The summed E-state index contributed by atoms with van der Waals surface area (Å²) in [6.07, 6.45) is 0.325. The number of ether oxygens (including phenoxy) is 1. The molecule has 6 nitrogen and oxygen atoms in total. The quantitative estimate of drug-likeness (QED) is 0.838. The molecule has 1 aliphatic heterocycles. The Balaban J connectivity index is 2.08. The lowest BCUT2D eigenvalue weighted by molar-refractivity contribution is -0.119. The first kappa shape index (κ1) is 14.0. The number of methoxy groups -OCH3 is 1. The van der Waals surface area contributed by atoms with E-state index in [0.29, 0.717) is 17.0 Å². The highest BCUT2D eigenvalue weighted by Crippen LogP contribution is 2.25. The number of carbonyl (C=O) groups is 2. The first-order valence-corrected chi connectivity index (χ1v) is 8.30. The summed E-state index contributed by atoms with van der Waals surface area (Å²) >= 11 is 1.16. The lowest BCUT2D eigenvalue weighted by atomic mass is 10.1. The molecule has 0 aromatic carbocycles. The SMILES string of the molecule is COC(=O)c1sccc1NC(=O)[C@H]1CCS(=O)(=O)C1. The Morgan fingerprint density at radius 1 is 1.47 bits per heavy atom. The van der Waals surface area contributed by atoms with Crippen molar-refractivity contribution in [1.82, 2.24) is 0 Å². The highest BCUT2D eigenvalue weighted by atomic mass is 32.2. The third kappa shape index (κ3) is 3.13. The van der Waals surface area contributed by atoms with Crippen LogP contribution < -0.4 is 5.32 Å². The molecule has 1 aromatic rings. The number of thiophene rings is 1. The van der Waals surface area contributed by atoms with Gasteiger partial charge in [-0.05, 0) is 17.9 Å². The summed E-state index contributed by atoms with van der Waals surface area (Å²) in [4.78, 5) is 23.7. The van der Waals surface area contributed by atoms with Crippen LogP contribution in [0.2, 0.25) is 0 Å². The van der Waals surface area contributed by atoms with Crippen LogP contribution in [0, 0.1) is 5.92 Å². The molecule has 1 aromatic heterocycles. The van der Waals surface area contributed by atoms with Gasteiger partial charge in [0.25, 0.3) is 0 Å². The first-order valence-electron chi connectivity index (χ1n) is 5.60. The van der Waals surface area contributed by atoms with E-state index < -0.39 is 21.7 Å². The summed E-state index contributed by atoms with van der Waals surface area (Å²) in [7, 11) is -1.84. The van der Waals surface area contributed by atoms with E-state index in [1.807, 2.05) is 0 Å². The van der Waals surface area contributed by atoms with Crippen LogP contribution in [0.5, 0.6) is 0 Å². The Kier molecular flexibility index (Phi) is 3.91. The minimum Gasteiger partial charge on any atom is -0.465 e. The second kappa shape index (κ2) is 5.30. The lowest BCUT2D eigenvalue weighted by Gasteiger charge is -2.09. The number of anilines is 1. The van der Waals surface area contributed by atoms with Gasteiger partial charge >= 0.3 is 5.97 Å². The van der Waals surface area contributed by atoms with Crippen LogP contribution in [0.3, 0.4) is 0 Å². The van der Waals surface area contributed by atoms with Gasteiger partial charge in [-0.3, -0.25) is 4.79 Å². The monoisotopic (exact) mass is 303 g/mol. The molecule has 0 radical (unpaired) electrons. The van der Waals surface area contributed by atoms with Gasteiger partial charge < -0.3 is 10.1 Å². The van der Waals surface area contributed by atoms with Crippen molar-refractivity contribution in [2.75, 3.05) is 23.9 Å². The number of hydrogen-bond acceptors (Lipinski definition) is 6. The van der Waals surface area contributed by atoms with Crippen LogP contribution >= 0.6 is 11.3 Å². The van der Waals surface area contributed by atoms with Crippen LogP contribution in [0.1, 0.15) is 16.1 Å². The Bertz CT molecular complexity index is 604. The van der Waals surface area contributed by atoms with E-state index in [1.165, 1.54) is 7.11 Å². The first-order chi connectivity index (χ1) is 8.93. The smallest absolute Gasteiger partial charge is 0.350 e. The molecule has 2 heterocycles. The van der Waals surface area contributed by atoms with Gasteiger partial charge in [0.2, 0.25) is 5.91 Å². The molecule has 8 heteroatoms. The van der Waals surface area contributed by atoms with Crippen molar-refractivity contribution in [2.24, 2.45) is 5.92 Å². The van der Waals surface area contributed by atoms with E-state index in [2.05, 4.69) is 10.1 Å². The van der Waals surface area contributed by atoms with Crippen LogP contribution in [0.4, 0.5) is 5.69 Å². The van der Waals surface area contributed by atoms with Gasteiger partial charge in [-0.2, -0.15) is 0 Å². The van der Waals surface area contributed by atoms with Crippen LogP contribution in [-0.2, 0) is 19.4 Å². The number of amides is 1. The van der Waals surface area contributed by atoms with Gasteiger partial charge in [-0.15, -0.1) is 11.3 Å². The van der Waals surface area contributed by atoms with E-state index in [0.717, 1.165) is 11.3 Å². The average Bonchev–Trinajstić information content (AvgIpc) is 2.94. The molecule has 104 valence electrons. The molecule has 1 N–H and O–H groups in total. The number of carbonyl (C=O) groups excluding carboxylic acids is 2. The van der Waals surface area contributed by atoms with Crippen LogP contribution in [0.15, 0.2) is 11.4 Å². The maximum absolute atomic E-state index is 11.9. The van der Waals surface area contributed by atoms with E-state index >= 15 is 0 Å². The number of nitrogens with one attached hydrogen (secondary N) is 1. The zero-order valence-corrected chi connectivity index (χ0v) is 11.8. The highest BCUT2D eigenvalue weighted by molar-refractivity contribution is 7.91. The molecule has 19 heavy (non-hydrogen) atoms. The highest BCUT2D eigenvalue weighted by Gasteiger charge is 2.33. The summed E-state index contributed by atoms with van der Waals surface area (Å²) in [6.45, 7) is 0. The van der Waals surface area contributed by atoms with Gasteiger partial charge in [0, 0.05) is 0 Å². The second-order valence-corrected chi connectivity index (χ2v) is 7.39. The Labute approximate surface area is 114 Å². The summed E-state index contributed by atoms with van der Waals surface area (Å²) < 4.78 is 27.2. The van der Waals surface area contributed by atoms with E-state index in [4.69, 9.17) is 0 Å². The molecule has 1 amide bonds. The fourth-order valence-electron chi connectivity index (χ4n) is 1.90. The molecular weight excluding hydrogens is 290 g/mol. The summed E-state index contributed by atoms with van der Waals surface area (Å²) in [5.74, 6) is -1.53. The van der Waals surface area contributed by atoms with Crippen LogP contribution in [-0.4, -0.2) is 38.9 Å². The topological polar surface area (TPSA) is 89.5 Å². The molecule has 1 saturated heterocycles. The van der Waals surface area contributed by atoms with Crippen molar-refractivity contribution in [2.45, 2.75) is 6.42 Å². The van der Waals surface area contributed by atoms with E-state index in [1.54, 1.807) is 11.4 Å². The molecule has 0 bridgehead atoms. The van der Waals surface area contributed by atoms with Crippen molar-refractivity contribution >= 4 is 38.7 Å². The van der Waals surface area contributed by atoms with Crippen molar-refractivity contribution in [3.63, 3.8) is 0 Å². The van der Waals surface area contributed by atoms with Gasteiger partial charge in [0.1, 0.15) is 4.88 Å². The van der Waals surface area contributed by atoms with Crippen molar-refractivity contribution in [3.05, 3.63) is 16.3 Å². The fourth-order valence-corrected chi connectivity index (χ4v) is 4.40. The number of sulfone groups is 1. The Hall–Kier alpha value is -1.41. The maximum atomic E-state index is 11.9. The number of esters is 1. The molecule has 0 aliphatic carbocycles. The lowest BCUT2D eigenvalue weighted by Crippen LogP contribution is -2.24. The van der Waals surface area contributed by atoms with Crippen molar-refractivity contribution in [1.29, 1.82) is 0 Å². The zero-order valence-electron chi connectivity index (χ0n) is 10.2. The van der Waals surface area contributed by atoms with Gasteiger partial charge in [-0.25, -0.2) is 13.2 Å². The second-order valence-electron chi connectivity index (χ2n) is 4.24. The number of hydrogen-bond donors (Lipinski definition) is 1. The Morgan fingerprint density at radius 3 is 2.79 bits per heavy atom. The zero-order chi connectivity index (χ0) is 14.0. The van der Waals surface area contributed by atoms with Gasteiger partial charge in [0.15, 0.2) is 9.84 Å². The number of rotatable bonds is 3. The normalized spacial score (nSPS) is 21.0. The third-order valence-corrected chi connectivity index (χ3v) is 5.56. The summed E-state index contributed by atoms with van der Waals surface area (Å²) in [6, 6.07) is 1.60.